The fraction of sp³-hybridized carbons (Fsp3) is 0.400. The van der Waals surface area contributed by atoms with Crippen LogP contribution < -0.4 is 0 Å². The number of carbonyl (C=O) groups excluding carboxylic acids is 2. The Kier molecular flexibility index (Phi) is 7.15. The third-order valence-electron chi connectivity index (χ3n) is 4.03. The van der Waals surface area contributed by atoms with Crippen LogP contribution >= 0.6 is 34.0 Å². The lowest BCUT2D eigenvalue weighted by molar-refractivity contribution is -0.141. The average Bonchev–Trinajstić information content (AvgIpc) is 3.33. The van der Waals surface area contributed by atoms with E-state index in [0.29, 0.717) is 26.1 Å². The molecule has 0 unspecified atom stereocenters. The van der Waals surface area contributed by atoms with Gasteiger partial charge >= 0.3 is 11.9 Å². The van der Waals surface area contributed by atoms with E-state index in [2.05, 4.69) is 36.2 Å². The van der Waals surface area contributed by atoms with E-state index < -0.39 is 0 Å². The van der Waals surface area contributed by atoms with Crippen LogP contribution in [0.5, 0.6) is 0 Å². The van der Waals surface area contributed by atoms with Gasteiger partial charge in [0.05, 0.1) is 23.0 Å². The van der Waals surface area contributed by atoms with Crippen LogP contribution in [0, 0.1) is 13.8 Å². The summed E-state index contributed by atoms with van der Waals surface area (Å²) in [7, 11) is 0. The summed E-state index contributed by atoms with van der Waals surface area (Å²) in [6.45, 7) is 7.66. The molecule has 0 bridgehead atoms. The molecule has 0 atom stereocenters. The van der Waals surface area contributed by atoms with Gasteiger partial charge in [0.15, 0.2) is 10.0 Å². The normalized spacial score (nSPS) is 10.9. The molecule has 0 aliphatic carbocycles. The van der Waals surface area contributed by atoms with Gasteiger partial charge in [0.2, 0.25) is 0 Å². The first-order valence-corrected chi connectivity index (χ1v) is 11.6. The zero-order chi connectivity index (χ0) is 21.0. The highest BCUT2D eigenvalue weighted by Crippen LogP contribution is 2.40. The molecule has 0 N–H and O–H groups in total. The molecule has 154 valence electrons. The van der Waals surface area contributed by atoms with Crippen LogP contribution in [0.15, 0.2) is 12.1 Å². The number of aryl methyl sites for hydroxylation is 2. The topological polar surface area (TPSA) is 78.4 Å². The predicted octanol–water partition coefficient (Wildman–Crippen LogP) is 4.82. The minimum absolute atomic E-state index is 0.272. The molecule has 0 saturated heterocycles. The van der Waals surface area contributed by atoms with E-state index in [1.807, 2.05) is 0 Å². The van der Waals surface area contributed by atoms with E-state index in [1.54, 1.807) is 34.0 Å². The maximum absolute atomic E-state index is 11.0. The fourth-order valence-corrected chi connectivity index (χ4v) is 6.06. The van der Waals surface area contributed by atoms with Crippen molar-refractivity contribution in [2.45, 2.75) is 40.5 Å². The van der Waals surface area contributed by atoms with Gasteiger partial charge in [-0.15, -0.1) is 32.9 Å². The number of nitrogens with zero attached hydrogens (tertiary/aromatic N) is 2. The molecule has 0 saturated carbocycles. The first-order valence-electron chi connectivity index (χ1n) is 9.13. The van der Waals surface area contributed by atoms with E-state index in [1.165, 1.54) is 23.6 Å². The first-order chi connectivity index (χ1) is 13.8. The number of hydrogen-bond acceptors (Lipinski definition) is 9. The first kappa shape index (κ1) is 21.6. The minimum Gasteiger partial charge on any atom is -0.466 e. The third-order valence-corrected chi connectivity index (χ3v) is 7.45. The maximum atomic E-state index is 11.0. The Hall–Kier alpha value is -2.10. The average molecular weight is 451 g/mol. The van der Waals surface area contributed by atoms with Crippen molar-refractivity contribution in [3.05, 3.63) is 33.0 Å². The van der Waals surface area contributed by atoms with Crippen LogP contribution in [0.1, 0.15) is 34.7 Å². The van der Waals surface area contributed by atoms with Crippen LogP contribution in [0.2, 0.25) is 0 Å². The van der Waals surface area contributed by atoms with Crippen LogP contribution in [0.25, 0.3) is 19.8 Å². The molecule has 6 nitrogen and oxygen atoms in total. The number of aromatic nitrogens is 2. The summed E-state index contributed by atoms with van der Waals surface area (Å²) < 4.78 is 10.2. The van der Waals surface area contributed by atoms with Crippen molar-refractivity contribution >= 4 is 45.9 Å². The second-order valence-electron chi connectivity index (χ2n) is 6.52. The SMILES string of the molecule is CC(=O)OCCc1cc(C)sc1-c1nnc(-c2sc(C)cc2CCOC(C)=O)s1. The highest BCUT2D eigenvalue weighted by atomic mass is 32.1. The second kappa shape index (κ2) is 9.60. The highest BCUT2D eigenvalue weighted by Gasteiger charge is 2.18. The largest absolute Gasteiger partial charge is 0.466 e. The van der Waals surface area contributed by atoms with Crippen LogP contribution in [-0.2, 0) is 31.9 Å². The number of carbonyl (C=O) groups is 2. The zero-order valence-electron chi connectivity index (χ0n) is 16.7. The van der Waals surface area contributed by atoms with E-state index in [4.69, 9.17) is 9.47 Å². The number of rotatable bonds is 8. The minimum atomic E-state index is -0.272. The molecule has 3 aromatic heterocycles. The molecule has 29 heavy (non-hydrogen) atoms. The molecule has 9 heteroatoms. The number of hydrogen-bond donors (Lipinski definition) is 0. The molecule has 0 aliphatic heterocycles. The lowest BCUT2D eigenvalue weighted by atomic mass is 10.2. The molecular weight excluding hydrogens is 428 g/mol. The van der Waals surface area contributed by atoms with Gasteiger partial charge in [-0.3, -0.25) is 9.59 Å². The van der Waals surface area contributed by atoms with E-state index in [-0.39, 0.29) is 11.9 Å². The van der Waals surface area contributed by atoms with Crippen molar-refractivity contribution < 1.29 is 19.1 Å². The molecule has 3 rings (SSSR count). The zero-order valence-corrected chi connectivity index (χ0v) is 19.2. The smallest absolute Gasteiger partial charge is 0.302 e. The molecule has 3 heterocycles. The van der Waals surface area contributed by atoms with Gasteiger partial charge in [0.25, 0.3) is 0 Å². The summed E-state index contributed by atoms with van der Waals surface area (Å²) in [5.41, 5.74) is 2.24. The van der Waals surface area contributed by atoms with E-state index >= 15 is 0 Å². The van der Waals surface area contributed by atoms with Crippen LogP contribution in [0.4, 0.5) is 0 Å². The highest BCUT2D eigenvalue weighted by molar-refractivity contribution is 7.26. The molecule has 3 aromatic rings. The third kappa shape index (κ3) is 5.71. The van der Waals surface area contributed by atoms with Crippen molar-refractivity contribution in [3.8, 4) is 19.8 Å². The summed E-state index contributed by atoms with van der Waals surface area (Å²) in [6, 6.07) is 4.23. The van der Waals surface area contributed by atoms with Crippen molar-refractivity contribution in [2.24, 2.45) is 0 Å². The van der Waals surface area contributed by atoms with E-state index in [0.717, 1.165) is 30.9 Å². The molecular formula is C20H22N2O4S3. The van der Waals surface area contributed by atoms with Crippen molar-refractivity contribution in [3.63, 3.8) is 0 Å². The lowest BCUT2D eigenvalue weighted by Gasteiger charge is -2.02. The Morgan fingerprint density at radius 3 is 1.59 bits per heavy atom. The van der Waals surface area contributed by atoms with Gasteiger partial charge in [0.1, 0.15) is 0 Å². The number of esters is 2. The van der Waals surface area contributed by atoms with Gasteiger partial charge in [-0.2, -0.15) is 0 Å². The summed E-state index contributed by atoms with van der Waals surface area (Å²) in [4.78, 5) is 26.6. The van der Waals surface area contributed by atoms with Gasteiger partial charge in [-0.25, -0.2) is 0 Å². The molecule has 0 radical (unpaired) electrons. The Bertz CT molecular complexity index is 940. The molecule has 0 fully saturated rings. The maximum Gasteiger partial charge on any atom is 0.302 e. The Balaban J connectivity index is 1.81. The van der Waals surface area contributed by atoms with Crippen LogP contribution in [-0.4, -0.2) is 35.3 Å². The Labute approximate surface area is 181 Å². The summed E-state index contributed by atoms with van der Waals surface area (Å²) in [5, 5.41) is 10.6. The summed E-state index contributed by atoms with van der Waals surface area (Å²) in [6.07, 6.45) is 1.31. The number of thiophene rings is 2. The van der Waals surface area contributed by atoms with Gasteiger partial charge < -0.3 is 9.47 Å². The second-order valence-corrected chi connectivity index (χ2v) is 10.0. The monoisotopic (exact) mass is 450 g/mol. The van der Waals surface area contributed by atoms with Crippen molar-refractivity contribution in [1.29, 1.82) is 0 Å². The predicted molar refractivity (Wildman–Crippen MR) is 117 cm³/mol. The van der Waals surface area contributed by atoms with Gasteiger partial charge in [0, 0.05) is 36.4 Å². The van der Waals surface area contributed by atoms with Crippen LogP contribution in [0.3, 0.4) is 0 Å². The van der Waals surface area contributed by atoms with E-state index in [9.17, 15) is 9.59 Å². The van der Waals surface area contributed by atoms with Crippen molar-refractivity contribution in [2.75, 3.05) is 13.2 Å². The standard InChI is InChI=1S/C20H22N2O4S3/c1-11-9-15(5-7-25-13(3)23)17(27-11)19-21-22-20(29-19)18-16(10-12(2)28-18)6-8-26-14(4)24/h9-10H,5-8H2,1-4H3. The van der Waals surface area contributed by atoms with Gasteiger partial charge in [-0.1, -0.05) is 11.3 Å². The lowest BCUT2D eigenvalue weighted by Crippen LogP contribution is -2.03. The van der Waals surface area contributed by atoms with Gasteiger partial charge in [-0.05, 0) is 37.1 Å². The molecule has 0 amide bonds. The molecule has 0 aromatic carbocycles. The quantitative estimate of drug-likeness (QED) is 0.458. The van der Waals surface area contributed by atoms with Crippen molar-refractivity contribution in [1.82, 2.24) is 10.2 Å². The summed E-state index contributed by atoms with van der Waals surface area (Å²) >= 11 is 4.91. The molecule has 0 aliphatic rings. The fourth-order valence-electron chi connectivity index (χ4n) is 2.88. The number of ether oxygens (including phenoxy) is 2. The Morgan fingerprint density at radius 1 is 0.793 bits per heavy atom. The summed E-state index contributed by atoms with van der Waals surface area (Å²) in [5.74, 6) is -0.544. The molecule has 0 spiro atoms. The Morgan fingerprint density at radius 2 is 1.21 bits per heavy atom.